The van der Waals surface area contributed by atoms with Crippen LogP contribution in [0.3, 0.4) is 0 Å². The van der Waals surface area contributed by atoms with Gasteiger partial charge in [-0.15, -0.1) is 0 Å². The predicted octanol–water partition coefficient (Wildman–Crippen LogP) is 5.18. The van der Waals surface area contributed by atoms with Crippen molar-refractivity contribution in [2.75, 3.05) is 21.1 Å². The Kier molecular flexibility index (Phi) is 10.4. The van der Waals surface area contributed by atoms with E-state index in [1.165, 1.54) is 0 Å². The fourth-order valence-corrected chi connectivity index (χ4v) is 11.1. The highest BCUT2D eigenvalue weighted by molar-refractivity contribution is 8.24. The summed E-state index contributed by atoms with van der Waals surface area (Å²) >= 11 is 11.7. The Morgan fingerprint density at radius 1 is 0.650 bits per heavy atom. The second-order valence-corrected chi connectivity index (χ2v) is 15.6. The summed E-state index contributed by atoms with van der Waals surface area (Å²) in [6.07, 6.45) is 0. The predicted molar refractivity (Wildman–Crippen MR) is 106 cm³/mol. The second-order valence-electron chi connectivity index (χ2n) is 5.37. The van der Waals surface area contributed by atoms with Gasteiger partial charge in [-0.25, -0.2) is 0 Å². The summed E-state index contributed by atoms with van der Waals surface area (Å²) in [5.41, 5.74) is 0. The SMILES string of the molecule is CC(C)SN(C)P(=S)(N(C)SC(C)C)N(C)SC(C)C. The lowest BCUT2D eigenvalue weighted by atomic mass is 10.6. The summed E-state index contributed by atoms with van der Waals surface area (Å²) < 4.78 is 6.91. The number of hydrogen-bond donors (Lipinski definition) is 0. The molecule has 20 heavy (non-hydrogen) atoms. The summed E-state index contributed by atoms with van der Waals surface area (Å²) in [7, 11) is 6.42. The van der Waals surface area contributed by atoms with Crippen LogP contribution in [0.5, 0.6) is 0 Å². The quantitative estimate of drug-likeness (QED) is 0.401. The van der Waals surface area contributed by atoms with Crippen molar-refractivity contribution < 1.29 is 0 Å². The molecule has 0 aliphatic rings. The topological polar surface area (TPSA) is 9.72 Å². The zero-order chi connectivity index (χ0) is 16.1. The van der Waals surface area contributed by atoms with Crippen molar-refractivity contribution in [3.8, 4) is 0 Å². The molecular weight excluding hydrogens is 345 g/mol. The zero-order valence-corrected chi connectivity index (χ0v) is 18.3. The van der Waals surface area contributed by atoms with Crippen LogP contribution in [0, 0.1) is 0 Å². The van der Waals surface area contributed by atoms with Gasteiger partial charge in [-0.3, -0.25) is 0 Å². The largest absolute Gasteiger partial charge is 0.198 e. The van der Waals surface area contributed by atoms with Gasteiger partial charge in [0.05, 0.1) is 0 Å². The zero-order valence-electron chi connectivity index (χ0n) is 14.2. The molecule has 0 N–H and O–H groups in total. The minimum absolute atomic E-state index is 0.539. The lowest BCUT2D eigenvalue weighted by Gasteiger charge is -2.43. The molecule has 3 nitrogen and oxygen atoms in total. The molecule has 0 saturated heterocycles. The lowest BCUT2D eigenvalue weighted by molar-refractivity contribution is 0.695. The molecule has 122 valence electrons. The third-order valence-electron chi connectivity index (χ3n) is 2.19. The van der Waals surface area contributed by atoms with Gasteiger partial charge in [0, 0.05) is 36.9 Å². The molecule has 0 aliphatic carbocycles. The van der Waals surface area contributed by atoms with Gasteiger partial charge in [0.2, 0.25) is 0 Å². The van der Waals surface area contributed by atoms with Crippen LogP contribution in [-0.2, 0) is 11.8 Å². The molecule has 0 heterocycles. The van der Waals surface area contributed by atoms with Crippen molar-refractivity contribution in [2.24, 2.45) is 0 Å². The van der Waals surface area contributed by atoms with E-state index in [2.05, 4.69) is 74.9 Å². The maximum atomic E-state index is 6.15. The molecule has 0 fully saturated rings. The number of hydrogen-bond acceptors (Lipinski definition) is 4. The number of nitrogens with zero attached hydrogens (tertiary/aromatic N) is 3. The molecule has 0 radical (unpaired) electrons. The average Bonchev–Trinajstić information content (AvgIpc) is 2.24. The summed E-state index contributed by atoms with van der Waals surface area (Å²) in [5.74, 6) is 0. The van der Waals surface area contributed by atoms with Gasteiger partial charge in [0.15, 0.2) is 6.49 Å². The van der Waals surface area contributed by atoms with E-state index in [1.54, 1.807) is 0 Å². The summed E-state index contributed by atoms with van der Waals surface area (Å²) in [6.45, 7) is 11.4. The normalized spacial score (nSPS) is 13.8. The van der Waals surface area contributed by atoms with Crippen LogP contribution in [0.1, 0.15) is 41.5 Å². The fraction of sp³-hybridized carbons (Fsp3) is 1.00. The second kappa shape index (κ2) is 9.66. The molecular formula is C12H30N3PS4. The maximum Gasteiger partial charge on any atom is 0.173 e. The third-order valence-corrected chi connectivity index (χ3v) is 12.6. The maximum absolute atomic E-state index is 6.15. The molecule has 0 spiro atoms. The Morgan fingerprint density at radius 2 is 0.850 bits per heavy atom. The smallest absolute Gasteiger partial charge is 0.173 e. The van der Waals surface area contributed by atoms with Gasteiger partial charge < -0.3 is 0 Å². The van der Waals surface area contributed by atoms with Gasteiger partial charge >= 0.3 is 0 Å². The Labute approximate surface area is 144 Å². The molecule has 0 bridgehead atoms. The van der Waals surface area contributed by atoms with Crippen molar-refractivity contribution in [2.45, 2.75) is 57.3 Å². The fourth-order valence-electron chi connectivity index (χ4n) is 1.63. The summed E-state index contributed by atoms with van der Waals surface area (Å²) in [6, 6.07) is 0. The molecule has 0 amide bonds. The van der Waals surface area contributed by atoms with Crippen LogP contribution in [0.25, 0.3) is 0 Å². The summed E-state index contributed by atoms with van der Waals surface area (Å²) in [4.78, 5) is 0. The van der Waals surface area contributed by atoms with Crippen molar-refractivity contribution in [3.63, 3.8) is 0 Å². The van der Waals surface area contributed by atoms with E-state index < -0.39 is 6.49 Å². The van der Waals surface area contributed by atoms with E-state index in [0.717, 1.165) is 0 Å². The van der Waals surface area contributed by atoms with Gasteiger partial charge in [-0.1, -0.05) is 77.4 Å². The third kappa shape index (κ3) is 6.78. The van der Waals surface area contributed by atoms with Gasteiger partial charge in [-0.2, -0.15) is 12.2 Å². The molecule has 0 unspecified atom stereocenters. The van der Waals surface area contributed by atoms with Crippen LogP contribution in [-0.4, -0.2) is 49.1 Å². The van der Waals surface area contributed by atoms with Crippen molar-refractivity contribution in [3.05, 3.63) is 0 Å². The van der Waals surface area contributed by atoms with Crippen molar-refractivity contribution in [1.29, 1.82) is 0 Å². The van der Waals surface area contributed by atoms with E-state index >= 15 is 0 Å². The van der Waals surface area contributed by atoms with Crippen LogP contribution >= 0.6 is 42.3 Å². The Hall–Kier alpha value is 1.58. The molecule has 0 aromatic carbocycles. The van der Waals surface area contributed by atoms with Crippen LogP contribution in [0.15, 0.2) is 0 Å². The van der Waals surface area contributed by atoms with Gasteiger partial charge in [-0.05, 0) is 11.8 Å². The molecule has 8 heteroatoms. The van der Waals surface area contributed by atoms with E-state index in [4.69, 9.17) is 11.8 Å². The Morgan fingerprint density at radius 3 is 1.00 bits per heavy atom. The molecule has 0 atom stereocenters. The standard InChI is InChI=1S/C12H30N3PS4/c1-10(2)18-13(7)16(17,14(8)19-11(3)4)15(9)20-12(5)6/h10-12H,1-9H3. The van der Waals surface area contributed by atoms with E-state index in [9.17, 15) is 0 Å². The van der Waals surface area contributed by atoms with Crippen LogP contribution < -0.4 is 0 Å². The average molecular weight is 376 g/mol. The van der Waals surface area contributed by atoms with Gasteiger partial charge in [0.1, 0.15) is 0 Å². The van der Waals surface area contributed by atoms with Gasteiger partial charge in [0.25, 0.3) is 0 Å². The Balaban J connectivity index is 5.25. The molecule has 0 aromatic rings. The van der Waals surface area contributed by atoms with E-state index in [0.29, 0.717) is 15.7 Å². The first-order valence-electron chi connectivity index (χ1n) is 6.84. The summed E-state index contributed by atoms with van der Waals surface area (Å²) in [5, 5.41) is 1.62. The minimum atomic E-state index is -1.93. The Bertz CT molecular complexity index is 278. The molecule has 0 rings (SSSR count). The molecule has 0 aliphatic heterocycles. The number of rotatable bonds is 9. The first kappa shape index (κ1) is 21.6. The highest BCUT2D eigenvalue weighted by atomic mass is 32.5. The van der Waals surface area contributed by atoms with Crippen LogP contribution in [0.2, 0.25) is 0 Å². The first-order chi connectivity index (χ1) is 9.01. The lowest BCUT2D eigenvalue weighted by Crippen LogP contribution is -2.29. The highest BCUT2D eigenvalue weighted by Crippen LogP contribution is 2.63. The monoisotopic (exact) mass is 375 g/mol. The van der Waals surface area contributed by atoms with Crippen molar-refractivity contribution in [1.82, 2.24) is 12.2 Å². The van der Waals surface area contributed by atoms with Crippen molar-refractivity contribution >= 4 is 54.1 Å². The molecule has 0 saturated carbocycles. The van der Waals surface area contributed by atoms with E-state index in [1.807, 2.05) is 35.8 Å². The first-order valence-corrected chi connectivity index (χ1v) is 12.0. The highest BCUT2D eigenvalue weighted by Gasteiger charge is 2.35. The van der Waals surface area contributed by atoms with E-state index in [-0.39, 0.29) is 0 Å². The van der Waals surface area contributed by atoms with Crippen LogP contribution in [0.4, 0.5) is 0 Å². The molecule has 0 aromatic heterocycles. The minimum Gasteiger partial charge on any atom is -0.198 e.